The van der Waals surface area contributed by atoms with Crippen molar-refractivity contribution in [2.24, 2.45) is 0 Å². The molecule has 0 amide bonds. The molecule has 6 heteroatoms. The minimum absolute atomic E-state index is 0.0216. The van der Waals surface area contributed by atoms with Gasteiger partial charge in [0.1, 0.15) is 5.69 Å². The number of nitro groups is 1. The molecule has 0 aliphatic heterocycles. The Bertz CT molecular complexity index is 632. The molecule has 0 heterocycles. The molecule has 20 heavy (non-hydrogen) atoms. The largest absolute Gasteiger partial charge is 0.392 e. The van der Waals surface area contributed by atoms with Gasteiger partial charge in [0.2, 0.25) is 0 Å². The van der Waals surface area contributed by atoms with Crippen LogP contribution in [0.15, 0.2) is 46.9 Å². The zero-order valence-corrected chi connectivity index (χ0v) is 12.1. The molecule has 0 atom stereocenters. The maximum Gasteiger partial charge on any atom is 0.293 e. The summed E-state index contributed by atoms with van der Waals surface area (Å²) in [4.78, 5) is 10.6. The number of aliphatic hydroxyl groups is 1. The number of hydrogen-bond donors (Lipinski definition) is 2. The Morgan fingerprint density at radius 3 is 2.65 bits per heavy atom. The predicted molar refractivity (Wildman–Crippen MR) is 80.5 cm³/mol. The third-order valence-corrected chi connectivity index (χ3v) is 3.31. The van der Waals surface area contributed by atoms with Gasteiger partial charge in [0, 0.05) is 17.1 Å². The van der Waals surface area contributed by atoms with Crippen LogP contribution in [0, 0.1) is 10.1 Å². The van der Waals surface area contributed by atoms with Crippen molar-refractivity contribution >= 4 is 27.3 Å². The van der Waals surface area contributed by atoms with E-state index in [1.807, 2.05) is 24.3 Å². The van der Waals surface area contributed by atoms with Crippen molar-refractivity contribution in [3.8, 4) is 0 Å². The monoisotopic (exact) mass is 336 g/mol. The first kappa shape index (κ1) is 14.5. The Morgan fingerprint density at radius 1 is 1.20 bits per heavy atom. The fraction of sp³-hybridized carbons (Fsp3) is 0.143. The third-order valence-electron chi connectivity index (χ3n) is 2.81. The maximum atomic E-state index is 11.0. The Kier molecular flexibility index (Phi) is 4.70. The van der Waals surface area contributed by atoms with Gasteiger partial charge in [0.25, 0.3) is 5.69 Å². The SMILES string of the molecule is O=[N+]([O-])c1cc(Br)ccc1NCc1cccc(CO)c1. The topological polar surface area (TPSA) is 75.4 Å². The lowest BCUT2D eigenvalue weighted by molar-refractivity contribution is -0.384. The minimum atomic E-state index is -0.419. The molecular formula is C14H13BrN2O3. The van der Waals surface area contributed by atoms with Crippen LogP contribution >= 0.6 is 15.9 Å². The lowest BCUT2D eigenvalue weighted by Gasteiger charge is -2.08. The Morgan fingerprint density at radius 2 is 1.95 bits per heavy atom. The lowest BCUT2D eigenvalue weighted by atomic mass is 10.1. The summed E-state index contributed by atoms with van der Waals surface area (Å²) in [6.45, 7) is 0.433. The van der Waals surface area contributed by atoms with E-state index in [1.165, 1.54) is 6.07 Å². The quantitative estimate of drug-likeness (QED) is 0.647. The van der Waals surface area contributed by atoms with Crippen molar-refractivity contribution < 1.29 is 10.0 Å². The molecule has 0 aromatic heterocycles. The molecule has 0 saturated carbocycles. The van der Waals surface area contributed by atoms with E-state index in [9.17, 15) is 10.1 Å². The fourth-order valence-corrected chi connectivity index (χ4v) is 2.19. The van der Waals surface area contributed by atoms with Crippen LogP contribution < -0.4 is 5.32 Å². The first-order chi connectivity index (χ1) is 9.60. The van der Waals surface area contributed by atoms with E-state index in [1.54, 1.807) is 12.1 Å². The molecule has 2 aromatic rings. The van der Waals surface area contributed by atoms with Crippen molar-refractivity contribution in [3.63, 3.8) is 0 Å². The normalized spacial score (nSPS) is 10.3. The van der Waals surface area contributed by atoms with Crippen LogP contribution in [-0.2, 0) is 13.2 Å². The second kappa shape index (κ2) is 6.49. The highest BCUT2D eigenvalue weighted by Gasteiger charge is 2.13. The average Bonchev–Trinajstić information content (AvgIpc) is 2.46. The van der Waals surface area contributed by atoms with Gasteiger partial charge in [-0.3, -0.25) is 10.1 Å². The summed E-state index contributed by atoms with van der Waals surface area (Å²) in [7, 11) is 0. The molecule has 0 aliphatic carbocycles. The van der Waals surface area contributed by atoms with Crippen molar-refractivity contribution in [1.82, 2.24) is 0 Å². The lowest BCUT2D eigenvalue weighted by Crippen LogP contribution is -2.03. The molecule has 0 radical (unpaired) electrons. The van der Waals surface area contributed by atoms with E-state index in [-0.39, 0.29) is 12.3 Å². The standard InChI is InChI=1S/C14H13BrN2O3/c15-12-4-5-13(14(7-12)17(19)20)16-8-10-2-1-3-11(6-10)9-18/h1-7,16,18H,8-9H2. The van der Waals surface area contributed by atoms with Crippen LogP contribution in [0.25, 0.3) is 0 Å². The number of nitrogens with zero attached hydrogens (tertiary/aromatic N) is 1. The molecular weight excluding hydrogens is 324 g/mol. The van der Waals surface area contributed by atoms with Crippen LogP contribution in [0.3, 0.4) is 0 Å². The second-order valence-electron chi connectivity index (χ2n) is 4.25. The molecule has 0 saturated heterocycles. The average molecular weight is 337 g/mol. The van der Waals surface area contributed by atoms with E-state index >= 15 is 0 Å². The second-order valence-corrected chi connectivity index (χ2v) is 5.17. The van der Waals surface area contributed by atoms with E-state index < -0.39 is 4.92 Å². The van der Waals surface area contributed by atoms with Crippen LogP contribution in [-0.4, -0.2) is 10.0 Å². The summed E-state index contributed by atoms with van der Waals surface area (Å²) in [5.74, 6) is 0. The van der Waals surface area contributed by atoms with E-state index in [2.05, 4.69) is 21.2 Å². The van der Waals surface area contributed by atoms with Gasteiger partial charge in [-0.1, -0.05) is 40.2 Å². The van der Waals surface area contributed by atoms with Gasteiger partial charge in [-0.15, -0.1) is 0 Å². The van der Waals surface area contributed by atoms with Crippen LogP contribution in [0.5, 0.6) is 0 Å². The smallest absolute Gasteiger partial charge is 0.293 e. The Balaban J connectivity index is 2.16. The van der Waals surface area contributed by atoms with Crippen molar-refractivity contribution in [2.75, 3.05) is 5.32 Å². The zero-order chi connectivity index (χ0) is 14.5. The number of benzene rings is 2. The third kappa shape index (κ3) is 3.55. The number of halogens is 1. The highest BCUT2D eigenvalue weighted by atomic mass is 79.9. The van der Waals surface area contributed by atoms with Crippen molar-refractivity contribution in [3.05, 3.63) is 68.2 Å². The molecule has 2 rings (SSSR count). The highest BCUT2D eigenvalue weighted by molar-refractivity contribution is 9.10. The van der Waals surface area contributed by atoms with Gasteiger partial charge in [-0.05, 0) is 23.3 Å². The van der Waals surface area contributed by atoms with Gasteiger partial charge in [-0.2, -0.15) is 0 Å². The first-order valence-corrected chi connectivity index (χ1v) is 6.76. The number of nitro benzene ring substituents is 1. The van der Waals surface area contributed by atoms with E-state index in [0.717, 1.165) is 11.1 Å². The summed E-state index contributed by atoms with van der Waals surface area (Å²) in [5.41, 5.74) is 2.26. The van der Waals surface area contributed by atoms with E-state index in [4.69, 9.17) is 5.11 Å². The number of hydrogen-bond acceptors (Lipinski definition) is 4. The predicted octanol–water partition coefficient (Wildman–Crippen LogP) is 3.46. The molecule has 0 fully saturated rings. The summed E-state index contributed by atoms with van der Waals surface area (Å²) in [6, 6.07) is 12.3. The molecule has 0 aliphatic rings. The molecule has 0 bridgehead atoms. The van der Waals surface area contributed by atoms with Gasteiger partial charge < -0.3 is 10.4 Å². The van der Waals surface area contributed by atoms with Crippen LogP contribution in [0.2, 0.25) is 0 Å². The first-order valence-electron chi connectivity index (χ1n) is 5.96. The minimum Gasteiger partial charge on any atom is -0.392 e. The molecule has 0 unspecified atom stereocenters. The fourth-order valence-electron chi connectivity index (χ4n) is 1.84. The number of nitrogens with one attached hydrogen (secondary N) is 1. The summed E-state index contributed by atoms with van der Waals surface area (Å²) >= 11 is 3.22. The molecule has 104 valence electrons. The zero-order valence-electron chi connectivity index (χ0n) is 10.5. The molecule has 0 spiro atoms. The number of anilines is 1. The Labute approximate surface area is 124 Å². The molecule has 5 nitrogen and oxygen atoms in total. The summed E-state index contributed by atoms with van der Waals surface area (Å²) in [5, 5.41) is 23.1. The summed E-state index contributed by atoms with van der Waals surface area (Å²) in [6.07, 6.45) is 0. The van der Waals surface area contributed by atoms with Gasteiger partial charge in [0.05, 0.1) is 11.5 Å². The van der Waals surface area contributed by atoms with Crippen LogP contribution in [0.4, 0.5) is 11.4 Å². The summed E-state index contributed by atoms with van der Waals surface area (Å²) < 4.78 is 0.664. The van der Waals surface area contributed by atoms with Gasteiger partial charge in [-0.25, -0.2) is 0 Å². The highest BCUT2D eigenvalue weighted by Crippen LogP contribution is 2.28. The number of aliphatic hydroxyl groups excluding tert-OH is 1. The number of rotatable bonds is 5. The van der Waals surface area contributed by atoms with Crippen molar-refractivity contribution in [2.45, 2.75) is 13.2 Å². The van der Waals surface area contributed by atoms with E-state index in [0.29, 0.717) is 16.7 Å². The van der Waals surface area contributed by atoms with Gasteiger partial charge in [0.15, 0.2) is 0 Å². The van der Waals surface area contributed by atoms with Crippen molar-refractivity contribution in [1.29, 1.82) is 0 Å². The molecule has 2 aromatic carbocycles. The van der Waals surface area contributed by atoms with Crippen LogP contribution in [0.1, 0.15) is 11.1 Å². The Hall–Kier alpha value is -1.92. The molecule has 2 N–H and O–H groups in total. The van der Waals surface area contributed by atoms with Gasteiger partial charge >= 0.3 is 0 Å². The maximum absolute atomic E-state index is 11.0.